The number of phenols is 1. The zero-order valence-corrected chi connectivity index (χ0v) is 30.6. The molecular formula is C45H46N4O. The van der Waals surface area contributed by atoms with E-state index >= 15 is 0 Å². The van der Waals surface area contributed by atoms with Crippen molar-refractivity contribution in [2.24, 2.45) is 0 Å². The van der Waals surface area contributed by atoms with Gasteiger partial charge < -0.3 is 9.67 Å². The number of hydrogen-bond acceptors (Lipinski definition) is 4. The van der Waals surface area contributed by atoms with Crippen LogP contribution in [0.3, 0.4) is 0 Å². The summed E-state index contributed by atoms with van der Waals surface area (Å²) in [4.78, 5) is 14.7. The molecule has 0 saturated carbocycles. The van der Waals surface area contributed by atoms with Crippen molar-refractivity contribution < 1.29 is 5.11 Å². The largest absolute Gasteiger partial charge is 0.507 e. The van der Waals surface area contributed by atoms with Crippen LogP contribution in [-0.4, -0.2) is 24.6 Å². The van der Waals surface area contributed by atoms with Crippen LogP contribution in [0.15, 0.2) is 110 Å². The van der Waals surface area contributed by atoms with Crippen molar-refractivity contribution in [3.8, 4) is 50.5 Å². The van der Waals surface area contributed by atoms with E-state index in [1.807, 2.05) is 36.8 Å². The van der Waals surface area contributed by atoms with E-state index in [-0.39, 0.29) is 22.1 Å². The van der Waals surface area contributed by atoms with Gasteiger partial charge in [0.1, 0.15) is 11.6 Å². The molecule has 0 radical (unpaired) electrons. The number of rotatable bonds is 4. The molecule has 3 heterocycles. The molecule has 0 unspecified atom stereocenters. The Bertz CT molecular complexity index is 2380. The van der Waals surface area contributed by atoms with E-state index in [4.69, 9.17) is 9.97 Å². The van der Waals surface area contributed by atoms with Crippen molar-refractivity contribution in [1.29, 1.82) is 0 Å². The van der Waals surface area contributed by atoms with E-state index < -0.39 is 0 Å². The lowest BCUT2D eigenvalue weighted by atomic mass is 9.82. The Morgan fingerprint density at radius 3 is 1.96 bits per heavy atom. The van der Waals surface area contributed by atoms with Gasteiger partial charge in [0.2, 0.25) is 0 Å². The molecular weight excluding hydrogens is 613 g/mol. The Labute approximate surface area is 295 Å². The third-order valence-corrected chi connectivity index (χ3v) is 9.58. The fourth-order valence-corrected chi connectivity index (χ4v) is 6.86. The first kappa shape index (κ1) is 33.2. The quantitative estimate of drug-likeness (QED) is 0.204. The smallest absolute Gasteiger partial charge is 0.145 e. The Kier molecular flexibility index (Phi) is 7.93. The van der Waals surface area contributed by atoms with Gasteiger partial charge in [0.05, 0.1) is 22.1 Å². The fraction of sp³-hybridized carbons (Fsp3) is 0.267. The number of phenolic OH excluding ortho intramolecular Hbond substituents is 1. The van der Waals surface area contributed by atoms with Crippen molar-refractivity contribution in [1.82, 2.24) is 19.5 Å². The number of benzene rings is 4. The van der Waals surface area contributed by atoms with Crippen molar-refractivity contribution in [2.45, 2.75) is 78.7 Å². The Balaban J connectivity index is 1.51. The summed E-state index contributed by atoms with van der Waals surface area (Å²) < 4.78 is 2.27. The summed E-state index contributed by atoms with van der Waals surface area (Å²) in [5.41, 5.74) is 12.0. The van der Waals surface area contributed by atoms with Crippen molar-refractivity contribution in [3.63, 3.8) is 0 Å². The van der Waals surface area contributed by atoms with Crippen molar-refractivity contribution in [3.05, 3.63) is 121 Å². The van der Waals surface area contributed by atoms with Crippen molar-refractivity contribution >= 4 is 21.9 Å². The molecule has 7 aromatic rings. The number of pyridine rings is 2. The minimum absolute atomic E-state index is 0.0800. The number of nitrogens with zero attached hydrogens (tertiary/aromatic N) is 4. The molecule has 0 aliphatic rings. The minimum Gasteiger partial charge on any atom is -0.507 e. The summed E-state index contributed by atoms with van der Waals surface area (Å²) in [6.45, 7) is 19.9. The van der Waals surface area contributed by atoms with Gasteiger partial charge in [0.25, 0.3) is 0 Å². The van der Waals surface area contributed by atoms with E-state index in [0.717, 1.165) is 72.3 Å². The van der Waals surface area contributed by atoms with Crippen LogP contribution in [0.2, 0.25) is 0 Å². The number of imidazole rings is 1. The molecule has 5 heteroatoms. The molecule has 3 aromatic heterocycles. The number of aromatic hydroxyl groups is 1. The number of fused-ring (bicyclic) bond motifs is 2. The van der Waals surface area contributed by atoms with Crippen LogP contribution in [0.4, 0.5) is 0 Å². The highest BCUT2D eigenvalue weighted by Gasteiger charge is 2.27. The summed E-state index contributed by atoms with van der Waals surface area (Å²) in [5, 5.41) is 12.4. The highest BCUT2D eigenvalue weighted by atomic mass is 16.3. The summed E-state index contributed by atoms with van der Waals surface area (Å²) in [6, 6.07) is 31.9. The maximum Gasteiger partial charge on any atom is 0.145 e. The maximum absolute atomic E-state index is 11.3. The van der Waals surface area contributed by atoms with Crippen LogP contribution >= 0.6 is 0 Å². The second kappa shape index (κ2) is 11.9. The average Bonchev–Trinajstić information content (AvgIpc) is 3.48. The van der Waals surface area contributed by atoms with Crippen LogP contribution in [0.25, 0.3) is 66.7 Å². The number of aromatic nitrogens is 4. The van der Waals surface area contributed by atoms with E-state index in [1.54, 1.807) is 6.07 Å². The molecule has 0 spiro atoms. The van der Waals surface area contributed by atoms with Gasteiger partial charge in [-0.25, -0.2) is 4.98 Å². The molecule has 1 N–H and O–H groups in total. The van der Waals surface area contributed by atoms with Crippen LogP contribution in [0.5, 0.6) is 5.75 Å². The van der Waals surface area contributed by atoms with Gasteiger partial charge in [-0.15, -0.1) is 0 Å². The molecule has 0 bridgehead atoms. The summed E-state index contributed by atoms with van der Waals surface area (Å²) in [6.07, 6.45) is 5.59. The molecule has 0 fully saturated rings. The van der Waals surface area contributed by atoms with Crippen molar-refractivity contribution in [2.75, 3.05) is 0 Å². The van der Waals surface area contributed by atoms with Gasteiger partial charge in [-0.1, -0.05) is 84.0 Å². The number of para-hydroxylation sites is 1. The molecule has 7 rings (SSSR count). The number of hydrogen-bond donors (Lipinski definition) is 1. The average molecular weight is 659 g/mol. The second-order valence-corrected chi connectivity index (χ2v) is 16.5. The molecule has 50 heavy (non-hydrogen) atoms. The SMILES string of the molecule is CC(C)(C)c1cc(-c2cc(-c3cccnc3)cc3cccnc23)cc(-c2cccc3c2nc(-c2cc(C(C)(C)C)ccc2O)n3C(C)(C)C)c1. The minimum atomic E-state index is -0.303. The zero-order valence-electron chi connectivity index (χ0n) is 30.6. The Hall–Kier alpha value is -5.29. The standard InChI is InChI=1S/C45H46N4O/c1-43(2,3)33-17-18-39(50)37(26-33)42-48-41-35(15-10-16-38(41)49(42)45(7,8)9)31-22-32(24-34(23-31)44(4,5)6)36-25-30(29-14-11-19-46-27-29)21-28-13-12-20-47-40(28)36/h10-27,50H,1-9H3. The Morgan fingerprint density at radius 2 is 1.28 bits per heavy atom. The normalized spacial score (nSPS) is 12.6. The van der Waals surface area contributed by atoms with Crippen LogP contribution in [0.1, 0.15) is 73.4 Å². The predicted octanol–water partition coefficient (Wildman–Crippen LogP) is 11.7. The van der Waals surface area contributed by atoms with Crippen LogP contribution < -0.4 is 0 Å². The molecule has 0 saturated heterocycles. The van der Waals surface area contributed by atoms with Gasteiger partial charge >= 0.3 is 0 Å². The molecule has 0 aliphatic heterocycles. The third-order valence-electron chi connectivity index (χ3n) is 9.58. The lowest BCUT2D eigenvalue weighted by Crippen LogP contribution is -2.22. The Morgan fingerprint density at radius 1 is 0.560 bits per heavy atom. The predicted molar refractivity (Wildman–Crippen MR) is 209 cm³/mol. The lowest BCUT2D eigenvalue weighted by Gasteiger charge is -2.26. The monoisotopic (exact) mass is 658 g/mol. The van der Waals surface area contributed by atoms with Gasteiger partial charge in [-0.2, -0.15) is 0 Å². The highest BCUT2D eigenvalue weighted by Crippen LogP contribution is 2.43. The lowest BCUT2D eigenvalue weighted by molar-refractivity contribution is 0.411. The molecule has 5 nitrogen and oxygen atoms in total. The topological polar surface area (TPSA) is 63.8 Å². The highest BCUT2D eigenvalue weighted by molar-refractivity contribution is 6.00. The van der Waals surface area contributed by atoms with E-state index in [2.05, 4.69) is 139 Å². The van der Waals surface area contributed by atoms with Gasteiger partial charge in [-0.3, -0.25) is 9.97 Å². The molecule has 252 valence electrons. The van der Waals surface area contributed by atoms with E-state index in [0.29, 0.717) is 0 Å². The van der Waals surface area contributed by atoms with E-state index in [9.17, 15) is 5.11 Å². The van der Waals surface area contributed by atoms with Gasteiger partial charge in [-0.05, 0) is 108 Å². The first-order chi connectivity index (χ1) is 23.6. The van der Waals surface area contributed by atoms with Gasteiger partial charge in [0.15, 0.2) is 0 Å². The van der Waals surface area contributed by atoms with Crippen LogP contribution in [0, 0.1) is 0 Å². The van der Waals surface area contributed by atoms with Gasteiger partial charge in [0, 0.05) is 46.2 Å². The summed E-state index contributed by atoms with van der Waals surface area (Å²) in [5.74, 6) is 0.986. The second-order valence-electron chi connectivity index (χ2n) is 16.5. The molecule has 0 aliphatic carbocycles. The first-order valence-electron chi connectivity index (χ1n) is 17.4. The maximum atomic E-state index is 11.3. The molecule has 4 aromatic carbocycles. The van der Waals surface area contributed by atoms with E-state index in [1.165, 1.54) is 5.56 Å². The summed E-state index contributed by atoms with van der Waals surface area (Å²) in [7, 11) is 0. The molecule has 0 atom stereocenters. The molecule has 0 amide bonds. The first-order valence-corrected chi connectivity index (χ1v) is 17.4. The van der Waals surface area contributed by atoms with Crippen LogP contribution in [-0.2, 0) is 16.4 Å². The zero-order chi connectivity index (χ0) is 35.6. The fourth-order valence-electron chi connectivity index (χ4n) is 6.86. The third kappa shape index (κ3) is 6.06. The summed E-state index contributed by atoms with van der Waals surface area (Å²) >= 11 is 0.